The summed E-state index contributed by atoms with van der Waals surface area (Å²) in [6.45, 7) is 1.45. The Labute approximate surface area is 187 Å². The first-order chi connectivity index (χ1) is 15.3. The van der Waals surface area contributed by atoms with Gasteiger partial charge in [0, 0.05) is 23.4 Å². The molecule has 168 valence electrons. The van der Waals surface area contributed by atoms with Gasteiger partial charge in [0.15, 0.2) is 0 Å². The number of amides is 2. The molecule has 1 unspecified atom stereocenters. The number of hydrogen-bond acceptors (Lipinski definition) is 6. The Morgan fingerprint density at radius 2 is 1.91 bits per heavy atom. The highest BCUT2D eigenvalue weighted by Gasteiger charge is 2.22. The fourth-order valence-electron chi connectivity index (χ4n) is 2.86. The van der Waals surface area contributed by atoms with Gasteiger partial charge in [0.05, 0.1) is 17.8 Å². The molecule has 0 radical (unpaired) electrons. The van der Waals surface area contributed by atoms with Crippen LogP contribution >= 0.6 is 11.6 Å². The Kier molecular flexibility index (Phi) is 7.39. The third-order valence-corrected chi connectivity index (χ3v) is 4.73. The lowest BCUT2D eigenvalue weighted by molar-refractivity contribution is 0.212. The predicted octanol–water partition coefficient (Wildman–Crippen LogP) is 3.91. The number of aliphatic hydroxyl groups excluding tert-OH is 1. The molecule has 0 saturated carbocycles. The lowest BCUT2D eigenvalue weighted by Crippen LogP contribution is -2.30. The van der Waals surface area contributed by atoms with Gasteiger partial charge in [0.25, 0.3) is 0 Å². The van der Waals surface area contributed by atoms with Gasteiger partial charge in [-0.3, -0.25) is 0 Å². The molecule has 8 nitrogen and oxygen atoms in total. The van der Waals surface area contributed by atoms with Gasteiger partial charge < -0.3 is 26.2 Å². The van der Waals surface area contributed by atoms with Gasteiger partial charge in [0.2, 0.25) is 5.88 Å². The fourth-order valence-corrected chi connectivity index (χ4v) is 3.17. The van der Waals surface area contributed by atoms with Crippen molar-refractivity contribution in [3.05, 3.63) is 64.8 Å². The molecule has 2 amide bonds. The summed E-state index contributed by atoms with van der Waals surface area (Å²) in [5.74, 6) is -1.43. The zero-order valence-electron chi connectivity index (χ0n) is 16.9. The zero-order valence-corrected chi connectivity index (χ0v) is 17.7. The highest BCUT2D eigenvalue weighted by Crippen LogP contribution is 2.34. The number of nitrogens with two attached hydrogens (primary N) is 1. The zero-order chi connectivity index (χ0) is 23.3. The van der Waals surface area contributed by atoms with E-state index in [0.717, 1.165) is 12.1 Å². The maximum atomic E-state index is 14.3. The molecule has 11 heteroatoms. The van der Waals surface area contributed by atoms with Gasteiger partial charge in [-0.25, -0.2) is 18.6 Å². The number of benzene rings is 2. The first-order valence-electron chi connectivity index (χ1n) is 9.49. The van der Waals surface area contributed by atoms with Crippen molar-refractivity contribution in [3.8, 4) is 17.1 Å². The van der Waals surface area contributed by atoms with Crippen LogP contribution in [0.2, 0.25) is 5.02 Å². The molecule has 0 fully saturated rings. The highest BCUT2D eigenvalue weighted by atomic mass is 35.5. The predicted molar refractivity (Wildman–Crippen MR) is 116 cm³/mol. The molecule has 3 rings (SSSR count). The topological polar surface area (TPSA) is 122 Å². The first-order valence-corrected chi connectivity index (χ1v) is 9.86. The van der Waals surface area contributed by atoms with Gasteiger partial charge in [-0.15, -0.1) is 0 Å². The van der Waals surface area contributed by atoms with Crippen LogP contribution in [0.15, 0.2) is 42.6 Å². The third-order valence-electron chi connectivity index (χ3n) is 4.35. The van der Waals surface area contributed by atoms with Crippen LogP contribution < -0.4 is 21.1 Å². The van der Waals surface area contributed by atoms with Gasteiger partial charge in [-0.05, 0) is 31.2 Å². The minimum atomic E-state index is -0.996. The summed E-state index contributed by atoms with van der Waals surface area (Å²) in [4.78, 5) is 20.1. The SMILES string of the molecule is CC(Oc1nc(N)cnc1-c1ccc(NC(=O)NCCO)cc1)c1c(F)ccc(F)c1Cl. The van der Waals surface area contributed by atoms with Gasteiger partial charge in [-0.1, -0.05) is 23.7 Å². The summed E-state index contributed by atoms with van der Waals surface area (Å²) < 4.78 is 33.9. The van der Waals surface area contributed by atoms with E-state index < -0.39 is 23.8 Å². The van der Waals surface area contributed by atoms with E-state index in [1.54, 1.807) is 24.3 Å². The van der Waals surface area contributed by atoms with Crippen LogP contribution in [-0.2, 0) is 0 Å². The number of nitrogen functional groups attached to an aromatic ring is 1. The van der Waals surface area contributed by atoms with Crippen LogP contribution in [0.25, 0.3) is 11.3 Å². The standard InChI is InChI=1S/C21H20ClF2N5O3/c1-11(17-14(23)6-7-15(24)18(17)22)32-20-19(27-10-16(25)29-20)12-2-4-13(5-3-12)28-21(31)26-8-9-30/h2-7,10-11,30H,8-9H2,1H3,(H2,25,29)(H2,26,28,31). The van der Waals surface area contributed by atoms with Crippen molar-refractivity contribution in [2.24, 2.45) is 0 Å². The molecule has 0 aliphatic carbocycles. The van der Waals surface area contributed by atoms with E-state index in [1.165, 1.54) is 13.1 Å². The van der Waals surface area contributed by atoms with Gasteiger partial charge in [-0.2, -0.15) is 4.98 Å². The van der Waals surface area contributed by atoms with Crippen LogP contribution in [0.1, 0.15) is 18.6 Å². The summed E-state index contributed by atoms with van der Waals surface area (Å²) in [6.07, 6.45) is 0.334. The van der Waals surface area contributed by atoms with Crippen LogP contribution in [0.3, 0.4) is 0 Å². The molecule has 32 heavy (non-hydrogen) atoms. The summed E-state index contributed by atoms with van der Waals surface area (Å²) in [7, 11) is 0. The number of urea groups is 1. The number of carbonyl (C=O) groups excluding carboxylic acids is 1. The lowest BCUT2D eigenvalue weighted by atomic mass is 10.1. The molecule has 0 aliphatic rings. The first kappa shape index (κ1) is 23.2. The maximum Gasteiger partial charge on any atom is 0.319 e. The molecule has 3 aromatic rings. The van der Waals surface area contributed by atoms with E-state index in [1.807, 2.05) is 0 Å². The van der Waals surface area contributed by atoms with Crippen molar-refractivity contribution < 1.29 is 23.4 Å². The van der Waals surface area contributed by atoms with E-state index in [0.29, 0.717) is 16.9 Å². The summed E-state index contributed by atoms with van der Waals surface area (Å²) in [6, 6.07) is 8.00. The molecule has 0 aliphatic heterocycles. The molecule has 5 N–H and O–H groups in total. The van der Waals surface area contributed by atoms with E-state index in [2.05, 4.69) is 20.6 Å². The number of hydrogen-bond donors (Lipinski definition) is 4. The Balaban J connectivity index is 1.86. The van der Waals surface area contributed by atoms with Crippen molar-refractivity contribution in [3.63, 3.8) is 0 Å². The average molecular weight is 464 g/mol. The molecule has 0 bridgehead atoms. The second kappa shape index (κ2) is 10.2. The van der Waals surface area contributed by atoms with Crippen molar-refractivity contribution in [1.29, 1.82) is 0 Å². The van der Waals surface area contributed by atoms with Crippen molar-refractivity contribution in [2.75, 3.05) is 24.2 Å². The maximum absolute atomic E-state index is 14.3. The Morgan fingerprint density at radius 1 is 1.22 bits per heavy atom. The number of halogens is 3. The Morgan fingerprint density at radius 3 is 2.59 bits per heavy atom. The molecule has 1 aromatic heterocycles. The smallest absolute Gasteiger partial charge is 0.319 e. The number of rotatable bonds is 7. The van der Waals surface area contributed by atoms with Crippen molar-refractivity contribution >= 4 is 29.1 Å². The van der Waals surface area contributed by atoms with Crippen LogP contribution in [-0.4, -0.2) is 34.3 Å². The lowest BCUT2D eigenvalue weighted by Gasteiger charge is -2.18. The molecular weight excluding hydrogens is 444 g/mol. The summed E-state index contributed by atoms with van der Waals surface area (Å²) in [5, 5.41) is 13.4. The van der Waals surface area contributed by atoms with E-state index in [-0.39, 0.29) is 35.4 Å². The Bertz CT molecular complexity index is 1120. The summed E-state index contributed by atoms with van der Waals surface area (Å²) >= 11 is 5.93. The number of nitrogens with one attached hydrogen (secondary N) is 2. The molecule has 0 saturated heterocycles. The van der Waals surface area contributed by atoms with E-state index >= 15 is 0 Å². The second-order valence-corrected chi connectivity index (χ2v) is 7.03. The quantitative estimate of drug-likeness (QED) is 0.394. The number of aromatic nitrogens is 2. The van der Waals surface area contributed by atoms with Crippen LogP contribution in [0.5, 0.6) is 5.88 Å². The molecule has 2 aromatic carbocycles. The number of carbonyl (C=O) groups is 1. The van der Waals surface area contributed by atoms with Crippen LogP contribution in [0, 0.1) is 11.6 Å². The normalized spacial score (nSPS) is 11.7. The van der Waals surface area contributed by atoms with Crippen molar-refractivity contribution in [2.45, 2.75) is 13.0 Å². The van der Waals surface area contributed by atoms with Gasteiger partial charge >= 0.3 is 6.03 Å². The monoisotopic (exact) mass is 463 g/mol. The molecule has 1 heterocycles. The number of nitrogens with zero attached hydrogens (tertiary/aromatic N) is 2. The molecule has 1 atom stereocenters. The third kappa shape index (κ3) is 5.40. The minimum absolute atomic E-state index is 0.00127. The average Bonchev–Trinajstić information content (AvgIpc) is 2.76. The molecular formula is C21H20ClF2N5O3. The number of anilines is 2. The molecule has 0 spiro atoms. The van der Waals surface area contributed by atoms with Crippen molar-refractivity contribution in [1.82, 2.24) is 15.3 Å². The van der Waals surface area contributed by atoms with E-state index in [4.69, 9.17) is 27.2 Å². The largest absolute Gasteiger partial charge is 0.468 e. The number of ether oxygens (including phenoxy) is 1. The second-order valence-electron chi connectivity index (χ2n) is 6.65. The fraction of sp³-hybridized carbons (Fsp3) is 0.190. The van der Waals surface area contributed by atoms with Crippen LogP contribution in [0.4, 0.5) is 25.1 Å². The highest BCUT2D eigenvalue weighted by molar-refractivity contribution is 6.31. The number of aliphatic hydroxyl groups is 1. The van der Waals surface area contributed by atoms with E-state index in [9.17, 15) is 13.6 Å². The summed E-state index contributed by atoms with van der Waals surface area (Å²) in [5.41, 5.74) is 6.95. The van der Waals surface area contributed by atoms with Gasteiger partial charge in [0.1, 0.15) is 29.3 Å². The Hall–Kier alpha value is -3.50. The minimum Gasteiger partial charge on any atom is -0.468 e.